The fourth-order valence-corrected chi connectivity index (χ4v) is 5.00. The lowest BCUT2D eigenvalue weighted by molar-refractivity contribution is 0.0743. The standard InChI is InChI=1S/C16H18BrNOS/c17-13-7-9-20-14(13)15(19)16(10-18)8-3-5-11-4-1-2-6-12(11)16/h1-2,4,6-7,9,15,19H,3,5,8,10,18H2. The van der Waals surface area contributed by atoms with Crippen LogP contribution in [0.2, 0.25) is 0 Å². The predicted octanol–water partition coefficient (Wildman–Crippen LogP) is 3.78. The van der Waals surface area contributed by atoms with E-state index in [0.717, 1.165) is 28.6 Å². The van der Waals surface area contributed by atoms with Gasteiger partial charge in [0.2, 0.25) is 0 Å². The molecule has 0 radical (unpaired) electrons. The number of hydrogen-bond acceptors (Lipinski definition) is 3. The first-order chi connectivity index (χ1) is 9.69. The van der Waals surface area contributed by atoms with Crippen molar-refractivity contribution in [1.82, 2.24) is 0 Å². The van der Waals surface area contributed by atoms with Crippen molar-refractivity contribution in [3.63, 3.8) is 0 Å². The number of halogens is 1. The van der Waals surface area contributed by atoms with Crippen LogP contribution in [0.4, 0.5) is 0 Å². The maximum Gasteiger partial charge on any atom is 0.100 e. The van der Waals surface area contributed by atoms with E-state index in [1.165, 1.54) is 11.1 Å². The lowest BCUT2D eigenvalue weighted by Crippen LogP contribution is -2.43. The molecular formula is C16H18BrNOS. The summed E-state index contributed by atoms with van der Waals surface area (Å²) in [6.07, 6.45) is 2.54. The van der Waals surface area contributed by atoms with Gasteiger partial charge >= 0.3 is 0 Å². The third kappa shape index (κ3) is 2.15. The summed E-state index contributed by atoms with van der Waals surface area (Å²) in [6, 6.07) is 10.4. The Bertz CT molecular complexity index is 612. The number of rotatable bonds is 3. The minimum atomic E-state index is -0.552. The van der Waals surface area contributed by atoms with Crippen LogP contribution >= 0.6 is 27.3 Å². The highest BCUT2D eigenvalue weighted by Crippen LogP contribution is 2.48. The van der Waals surface area contributed by atoms with E-state index in [-0.39, 0.29) is 5.41 Å². The molecule has 0 fully saturated rings. The average Bonchev–Trinajstić information content (AvgIpc) is 2.92. The quantitative estimate of drug-likeness (QED) is 0.883. The highest BCUT2D eigenvalue weighted by Gasteiger charge is 2.43. The zero-order valence-electron chi connectivity index (χ0n) is 11.2. The van der Waals surface area contributed by atoms with E-state index < -0.39 is 6.10 Å². The summed E-state index contributed by atoms with van der Waals surface area (Å²) < 4.78 is 0.978. The number of aliphatic hydroxyl groups is 1. The topological polar surface area (TPSA) is 46.2 Å². The second-order valence-corrected chi connectivity index (χ2v) is 7.21. The van der Waals surface area contributed by atoms with Gasteiger partial charge in [0, 0.05) is 21.3 Å². The number of aliphatic hydroxyl groups excluding tert-OH is 1. The van der Waals surface area contributed by atoms with E-state index in [1.54, 1.807) is 11.3 Å². The molecule has 2 nitrogen and oxygen atoms in total. The minimum Gasteiger partial charge on any atom is -0.387 e. The van der Waals surface area contributed by atoms with Crippen molar-refractivity contribution in [2.75, 3.05) is 6.54 Å². The average molecular weight is 352 g/mol. The van der Waals surface area contributed by atoms with Gasteiger partial charge in [-0.2, -0.15) is 0 Å². The maximum absolute atomic E-state index is 11.0. The fourth-order valence-electron chi connectivity index (χ4n) is 3.31. The molecule has 1 aromatic carbocycles. The smallest absolute Gasteiger partial charge is 0.100 e. The van der Waals surface area contributed by atoms with Crippen molar-refractivity contribution in [1.29, 1.82) is 0 Å². The van der Waals surface area contributed by atoms with Crippen LogP contribution in [-0.4, -0.2) is 11.7 Å². The summed E-state index contributed by atoms with van der Waals surface area (Å²) in [5, 5.41) is 13.0. The van der Waals surface area contributed by atoms with Crippen LogP contribution in [0.3, 0.4) is 0 Å². The van der Waals surface area contributed by atoms with E-state index in [1.807, 2.05) is 17.5 Å². The first-order valence-corrected chi connectivity index (χ1v) is 8.56. The fraction of sp³-hybridized carbons (Fsp3) is 0.375. The highest BCUT2D eigenvalue weighted by molar-refractivity contribution is 9.10. The molecule has 1 aliphatic rings. The SMILES string of the molecule is NCC1(C(O)c2sccc2Br)CCCc2ccccc21. The van der Waals surface area contributed by atoms with Crippen molar-refractivity contribution in [3.05, 3.63) is 56.2 Å². The van der Waals surface area contributed by atoms with Crippen LogP contribution < -0.4 is 5.73 Å². The van der Waals surface area contributed by atoms with Crippen molar-refractivity contribution in [2.24, 2.45) is 5.73 Å². The molecule has 0 aliphatic heterocycles. The van der Waals surface area contributed by atoms with Crippen LogP contribution in [-0.2, 0) is 11.8 Å². The zero-order valence-corrected chi connectivity index (χ0v) is 13.6. The normalized spacial score (nSPS) is 23.4. The third-order valence-electron chi connectivity index (χ3n) is 4.40. The number of nitrogens with two attached hydrogens (primary N) is 1. The number of aryl methyl sites for hydroxylation is 1. The van der Waals surface area contributed by atoms with Crippen LogP contribution in [0, 0.1) is 0 Å². The van der Waals surface area contributed by atoms with Gasteiger partial charge in [0.15, 0.2) is 0 Å². The summed E-state index contributed by atoms with van der Waals surface area (Å²) in [6.45, 7) is 0.468. The summed E-state index contributed by atoms with van der Waals surface area (Å²) in [5.41, 5.74) is 8.33. The largest absolute Gasteiger partial charge is 0.387 e. The molecule has 20 heavy (non-hydrogen) atoms. The molecule has 2 unspecified atom stereocenters. The van der Waals surface area contributed by atoms with Gasteiger partial charge < -0.3 is 10.8 Å². The summed E-state index contributed by atoms with van der Waals surface area (Å²) in [4.78, 5) is 0.979. The molecule has 106 valence electrons. The number of fused-ring (bicyclic) bond motifs is 1. The first kappa shape index (κ1) is 14.3. The van der Waals surface area contributed by atoms with Crippen molar-refractivity contribution in [3.8, 4) is 0 Å². The molecular weight excluding hydrogens is 334 g/mol. The van der Waals surface area contributed by atoms with Gasteiger partial charge in [-0.15, -0.1) is 11.3 Å². The molecule has 0 saturated heterocycles. The Balaban J connectivity index is 2.11. The lowest BCUT2D eigenvalue weighted by Gasteiger charge is -2.41. The van der Waals surface area contributed by atoms with E-state index >= 15 is 0 Å². The predicted molar refractivity (Wildman–Crippen MR) is 87.1 cm³/mol. The molecule has 1 aliphatic carbocycles. The third-order valence-corrected chi connectivity index (χ3v) is 6.33. The Labute approximate surface area is 131 Å². The first-order valence-electron chi connectivity index (χ1n) is 6.88. The molecule has 2 aromatic rings. The van der Waals surface area contributed by atoms with Crippen molar-refractivity contribution in [2.45, 2.75) is 30.8 Å². The van der Waals surface area contributed by atoms with Gasteiger partial charge in [0.25, 0.3) is 0 Å². The van der Waals surface area contributed by atoms with E-state index in [0.29, 0.717) is 6.54 Å². The van der Waals surface area contributed by atoms with Gasteiger partial charge in [0.05, 0.1) is 0 Å². The molecule has 4 heteroatoms. The monoisotopic (exact) mass is 351 g/mol. The molecule has 3 N–H and O–H groups in total. The van der Waals surface area contributed by atoms with Crippen LogP contribution in [0.1, 0.15) is 34.9 Å². The van der Waals surface area contributed by atoms with Crippen LogP contribution in [0.25, 0.3) is 0 Å². The van der Waals surface area contributed by atoms with Crippen molar-refractivity contribution >= 4 is 27.3 Å². The van der Waals surface area contributed by atoms with Gasteiger partial charge in [-0.1, -0.05) is 24.3 Å². The molecule has 1 aromatic heterocycles. The number of benzene rings is 1. The minimum absolute atomic E-state index is 0.359. The molecule has 0 amide bonds. The van der Waals surface area contributed by atoms with Gasteiger partial charge in [-0.05, 0) is 57.8 Å². The summed E-state index contributed by atoms with van der Waals surface area (Å²) in [7, 11) is 0. The van der Waals surface area contributed by atoms with Crippen molar-refractivity contribution < 1.29 is 5.11 Å². The maximum atomic E-state index is 11.0. The summed E-state index contributed by atoms with van der Waals surface area (Å²) in [5.74, 6) is 0. The molecule has 3 rings (SSSR count). The molecule has 0 spiro atoms. The number of thiophene rings is 1. The Morgan fingerprint density at radius 2 is 2.15 bits per heavy atom. The Kier molecular flexibility index (Phi) is 4.00. The molecule has 0 bridgehead atoms. The Hall–Kier alpha value is -0.680. The number of hydrogen-bond donors (Lipinski definition) is 2. The van der Waals surface area contributed by atoms with Crippen LogP contribution in [0.5, 0.6) is 0 Å². The molecule has 1 heterocycles. The van der Waals surface area contributed by atoms with E-state index in [4.69, 9.17) is 5.73 Å². The zero-order chi connectivity index (χ0) is 14.2. The molecule has 0 saturated carbocycles. The Morgan fingerprint density at radius 3 is 2.85 bits per heavy atom. The van der Waals surface area contributed by atoms with E-state index in [2.05, 4.69) is 34.1 Å². The van der Waals surface area contributed by atoms with Gasteiger partial charge in [-0.25, -0.2) is 0 Å². The second kappa shape index (κ2) is 5.60. The molecule has 2 atom stereocenters. The van der Waals surface area contributed by atoms with Gasteiger partial charge in [0.1, 0.15) is 6.10 Å². The summed E-state index contributed by atoms with van der Waals surface area (Å²) >= 11 is 5.12. The second-order valence-electron chi connectivity index (χ2n) is 5.41. The van der Waals surface area contributed by atoms with Crippen LogP contribution in [0.15, 0.2) is 40.2 Å². The Morgan fingerprint density at radius 1 is 1.35 bits per heavy atom. The van der Waals surface area contributed by atoms with E-state index in [9.17, 15) is 5.11 Å². The van der Waals surface area contributed by atoms with Gasteiger partial charge in [-0.3, -0.25) is 0 Å². The highest BCUT2D eigenvalue weighted by atomic mass is 79.9. The lowest BCUT2D eigenvalue weighted by atomic mass is 9.66.